The van der Waals surface area contributed by atoms with E-state index in [2.05, 4.69) is 19.8 Å². The number of hydrogen-bond acceptors (Lipinski definition) is 5. The van der Waals surface area contributed by atoms with E-state index in [4.69, 9.17) is 0 Å². The summed E-state index contributed by atoms with van der Waals surface area (Å²) < 4.78 is 44.0. The van der Waals surface area contributed by atoms with Crippen LogP contribution in [0.3, 0.4) is 0 Å². The van der Waals surface area contributed by atoms with Crippen LogP contribution in [0.25, 0.3) is 11.3 Å². The molecule has 1 amide bonds. The zero-order valence-corrected chi connectivity index (χ0v) is 16.2. The molecule has 3 aromatic rings. The van der Waals surface area contributed by atoms with Crippen molar-refractivity contribution in [3.05, 3.63) is 53.7 Å². The maximum absolute atomic E-state index is 13.2. The number of nitrogens with zero attached hydrogens (tertiary/aromatic N) is 5. The number of anilines is 1. The highest BCUT2D eigenvalue weighted by molar-refractivity contribution is 6.10. The Morgan fingerprint density at radius 1 is 1.20 bits per heavy atom. The molecule has 0 bridgehead atoms. The molecule has 0 aliphatic carbocycles. The van der Waals surface area contributed by atoms with Crippen LogP contribution in [0.2, 0.25) is 0 Å². The lowest BCUT2D eigenvalue weighted by Gasteiger charge is -2.12. The summed E-state index contributed by atoms with van der Waals surface area (Å²) in [7, 11) is 0. The lowest BCUT2D eigenvalue weighted by Crippen LogP contribution is -2.23. The first kappa shape index (κ1) is 19.9. The maximum Gasteiger partial charge on any atom is 0.387 e. The van der Waals surface area contributed by atoms with E-state index in [1.54, 1.807) is 19.2 Å². The van der Waals surface area contributed by atoms with E-state index in [1.807, 2.05) is 0 Å². The monoisotopic (exact) mass is 417 g/mol. The van der Waals surface area contributed by atoms with Crippen molar-refractivity contribution < 1.29 is 22.7 Å². The minimum atomic E-state index is -2.95. The molecule has 156 valence electrons. The summed E-state index contributed by atoms with van der Waals surface area (Å²) in [6.07, 6.45) is 4.75. The van der Waals surface area contributed by atoms with Crippen LogP contribution in [0.5, 0.6) is 5.75 Å². The van der Waals surface area contributed by atoms with Gasteiger partial charge in [0, 0.05) is 18.0 Å². The van der Waals surface area contributed by atoms with Gasteiger partial charge in [-0.3, -0.25) is 24.3 Å². The number of aromatic nitrogens is 4. The summed E-state index contributed by atoms with van der Waals surface area (Å²) in [5.74, 6) is -0.294. The van der Waals surface area contributed by atoms with Crippen molar-refractivity contribution >= 4 is 11.6 Å². The molecule has 1 atom stereocenters. The highest BCUT2D eigenvalue weighted by atomic mass is 19.3. The van der Waals surface area contributed by atoms with Gasteiger partial charge in [-0.05, 0) is 31.5 Å². The molecule has 30 heavy (non-hydrogen) atoms. The average Bonchev–Trinajstić information content (AvgIpc) is 3.25. The van der Waals surface area contributed by atoms with Crippen molar-refractivity contribution in [3.8, 4) is 17.0 Å². The van der Waals surface area contributed by atoms with Gasteiger partial charge in [0.05, 0.1) is 48.1 Å². The molecule has 4 heterocycles. The summed E-state index contributed by atoms with van der Waals surface area (Å²) in [5.41, 5.74) is 3.28. The molecule has 10 heteroatoms. The van der Waals surface area contributed by atoms with Gasteiger partial charge >= 0.3 is 6.61 Å². The Balaban J connectivity index is 1.64. The fourth-order valence-electron chi connectivity index (χ4n) is 3.43. The van der Waals surface area contributed by atoms with Crippen molar-refractivity contribution in [2.24, 2.45) is 0 Å². The SMILES string of the molecule is Cc1cc(-c2cncc(OC(F)F)c2)nc2c1C(=O)N(c1cnn(CC(C)F)c1)C2. The number of carbonyl (C=O) groups excluding carboxylic acids is 1. The molecule has 1 aliphatic heterocycles. The van der Waals surface area contributed by atoms with Gasteiger partial charge < -0.3 is 4.74 Å². The molecule has 3 aromatic heterocycles. The highest BCUT2D eigenvalue weighted by Crippen LogP contribution is 2.32. The molecule has 0 N–H and O–H groups in total. The van der Waals surface area contributed by atoms with E-state index in [0.717, 1.165) is 0 Å². The lowest BCUT2D eigenvalue weighted by atomic mass is 10.1. The Hall–Kier alpha value is -3.43. The predicted molar refractivity (Wildman–Crippen MR) is 102 cm³/mol. The molecule has 0 fully saturated rings. The van der Waals surface area contributed by atoms with Crippen LogP contribution >= 0.6 is 0 Å². The Bertz CT molecular complexity index is 1100. The third-order valence-corrected chi connectivity index (χ3v) is 4.66. The van der Waals surface area contributed by atoms with Crippen LogP contribution in [-0.4, -0.2) is 38.4 Å². The molecular formula is C20H18F3N5O2. The molecule has 4 rings (SSSR count). The van der Waals surface area contributed by atoms with Crippen molar-refractivity contribution in [1.29, 1.82) is 0 Å². The number of pyridine rings is 2. The maximum atomic E-state index is 13.2. The number of halogens is 3. The van der Waals surface area contributed by atoms with Gasteiger partial charge in [-0.25, -0.2) is 4.39 Å². The van der Waals surface area contributed by atoms with Crippen molar-refractivity contribution in [3.63, 3.8) is 0 Å². The first-order valence-corrected chi connectivity index (χ1v) is 9.21. The Labute approximate surface area is 170 Å². The second-order valence-electron chi connectivity index (χ2n) is 7.03. The Morgan fingerprint density at radius 3 is 2.73 bits per heavy atom. The summed E-state index contributed by atoms with van der Waals surface area (Å²) >= 11 is 0. The van der Waals surface area contributed by atoms with Crippen LogP contribution in [0.1, 0.15) is 28.5 Å². The number of ether oxygens (including phenoxy) is 1. The van der Waals surface area contributed by atoms with Gasteiger partial charge in [-0.15, -0.1) is 0 Å². The zero-order chi connectivity index (χ0) is 21.4. The van der Waals surface area contributed by atoms with Gasteiger partial charge in [-0.1, -0.05) is 0 Å². The quantitative estimate of drug-likeness (QED) is 0.611. The number of rotatable bonds is 6. The van der Waals surface area contributed by atoms with E-state index >= 15 is 0 Å². The van der Waals surface area contributed by atoms with Crippen LogP contribution in [0.4, 0.5) is 18.9 Å². The van der Waals surface area contributed by atoms with Crippen LogP contribution < -0.4 is 9.64 Å². The topological polar surface area (TPSA) is 73.1 Å². The van der Waals surface area contributed by atoms with Gasteiger partial charge in [0.25, 0.3) is 5.91 Å². The zero-order valence-electron chi connectivity index (χ0n) is 16.2. The minimum Gasteiger partial charge on any atom is -0.433 e. The van der Waals surface area contributed by atoms with Gasteiger partial charge in [0.2, 0.25) is 0 Å². The second kappa shape index (κ2) is 7.77. The van der Waals surface area contributed by atoms with E-state index in [0.29, 0.717) is 33.8 Å². The minimum absolute atomic E-state index is 0.0744. The number of fused-ring (bicyclic) bond motifs is 1. The first-order chi connectivity index (χ1) is 14.3. The van der Waals surface area contributed by atoms with Crippen molar-refractivity contribution in [2.45, 2.75) is 39.7 Å². The van der Waals surface area contributed by atoms with Crippen molar-refractivity contribution in [1.82, 2.24) is 19.7 Å². The summed E-state index contributed by atoms with van der Waals surface area (Å²) in [6.45, 7) is 0.584. The van der Waals surface area contributed by atoms with Gasteiger partial charge in [0.1, 0.15) is 11.9 Å². The number of carbonyl (C=O) groups is 1. The highest BCUT2D eigenvalue weighted by Gasteiger charge is 2.32. The molecule has 7 nitrogen and oxygen atoms in total. The molecule has 0 spiro atoms. The van der Waals surface area contributed by atoms with Crippen LogP contribution in [0.15, 0.2) is 36.9 Å². The number of aryl methyl sites for hydroxylation is 1. The van der Waals surface area contributed by atoms with E-state index in [1.165, 1.54) is 41.2 Å². The smallest absolute Gasteiger partial charge is 0.387 e. The molecule has 0 radical (unpaired) electrons. The summed E-state index contributed by atoms with van der Waals surface area (Å²) in [5, 5.41) is 4.10. The molecule has 0 saturated heterocycles. The molecule has 1 aliphatic rings. The fourth-order valence-corrected chi connectivity index (χ4v) is 3.43. The molecular weight excluding hydrogens is 399 g/mol. The lowest BCUT2D eigenvalue weighted by molar-refractivity contribution is -0.0500. The van der Waals surface area contributed by atoms with Crippen LogP contribution in [-0.2, 0) is 13.1 Å². The number of alkyl halides is 3. The van der Waals surface area contributed by atoms with E-state index in [-0.39, 0.29) is 24.7 Å². The predicted octanol–water partition coefficient (Wildman–Crippen LogP) is 3.77. The van der Waals surface area contributed by atoms with Gasteiger partial charge in [-0.2, -0.15) is 13.9 Å². The van der Waals surface area contributed by atoms with E-state index in [9.17, 15) is 18.0 Å². The van der Waals surface area contributed by atoms with E-state index < -0.39 is 12.8 Å². The Morgan fingerprint density at radius 2 is 2.00 bits per heavy atom. The molecule has 0 saturated carbocycles. The third-order valence-electron chi connectivity index (χ3n) is 4.66. The first-order valence-electron chi connectivity index (χ1n) is 9.21. The number of hydrogen-bond donors (Lipinski definition) is 0. The third kappa shape index (κ3) is 3.85. The summed E-state index contributed by atoms with van der Waals surface area (Å²) in [6, 6.07) is 3.13. The average molecular weight is 417 g/mol. The summed E-state index contributed by atoms with van der Waals surface area (Å²) in [4.78, 5) is 22.9. The fraction of sp³-hybridized carbons (Fsp3) is 0.300. The second-order valence-corrected chi connectivity index (χ2v) is 7.03. The standard InChI is InChI=1S/C20H18F3N5O2/c1-11-3-16(13-4-15(7-24-5-13)30-20(22)23)26-17-10-28(19(29)18(11)17)14-6-25-27(9-14)8-12(2)21/h3-7,9,12,20H,8,10H2,1-2H3. The largest absolute Gasteiger partial charge is 0.433 e. The van der Waals surface area contributed by atoms with Crippen LogP contribution in [0, 0.1) is 6.92 Å². The molecule has 1 unspecified atom stereocenters. The Kier molecular flexibility index (Phi) is 5.15. The molecule has 0 aromatic carbocycles. The number of amides is 1. The van der Waals surface area contributed by atoms with Crippen molar-refractivity contribution in [2.75, 3.05) is 4.90 Å². The normalized spacial score (nSPS) is 14.3. The van der Waals surface area contributed by atoms with Gasteiger partial charge in [0.15, 0.2) is 0 Å².